The highest BCUT2D eigenvalue weighted by molar-refractivity contribution is 9.10. The van der Waals surface area contributed by atoms with Gasteiger partial charge in [-0.15, -0.1) is 0 Å². The van der Waals surface area contributed by atoms with E-state index in [9.17, 15) is 18.4 Å². The molecule has 9 nitrogen and oxygen atoms in total. The van der Waals surface area contributed by atoms with Crippen molar-refractivity contribution in [3.8, 4) is 5.88 Å². The lowest BCUT2D eigenvalue weighted by molar-refractivity contribution is 0.0996. The molecule has 1 aromatic carbocycles. The van der Waals surface area contributed by atoms with Crippen molar-refractivity contribution in [2.75, 3.05) is 51.6 Å². The third kappa shape index (κ3) is 7.06. The Morgan fingerprint density at radius 3 is 2.55 bits per heavy atom. The van der Waals surface area contributed by atoms with Crippen LogP contribution in [0.4, 0.5) is 18.6 Å². The molecule has 1 aliphatic rings. The number of hydrogen-bond donors (Lipinski definition) is 3. The van der Waals surface area contributed by atoms with Gasteiger partial charge in [0, 0.05) is 37.2 Å². The van der Waals surface area contributed by atoms with Gasteiger partial charge in [-0.2, -0.15) is 4.37 Å². The first kappa shape index (κ1) is 25.3. The van der Waals surface area contributed by atoms with E-state index in [-0.39, 0.29) is 26.5 Å². The number of halogens is 3. The number of primary amides is 1. The molecule has 4 N–H and O–H groups in total. The van der Waals surface area contributed by atoms with Crippen molar-refractivity contribution in [1.82, 2.24) is 19.5 Å². The van der Waals surface area contributed by atoms with E-state index in [1.807, 2.05) is 0 Å². The first-order valence-electron chi connectivity index (χ1n) is 10.3. The number of amides is 3. The highest BCUT2D eigenvalue weighted by Gasteiger charge is 2.23. The molecule has 3 rings (SSSR count). The number of urea groups is 1. The number of rotatable bonds is 9. The molecule has 1 aliphatic heterocycles. The Bertz CT molecular complexity index is 977. The van der Waals surface area contributed by atoms with Crippen molar-refractivity contribution in [2.24, 2.45) is 5.73 Å². The van der Waals surface area contributed by atoms with Crippen molar-refractivity contribution in [1.29, 1.82) is 0 Å². The topological polar surface area (TPSA) is 113 Å². The lowest BCUT2D eigenvalue weighted by atomic mass is 10.2. The summed E-state index contributed by atoms with van der Waals surface area (Å²) in [6.45, 7) is 4.88. The minimum absolute atomic E-state index is 0.0887. The first-order chi connectivity index (χ1) is 15.7. The summed E-state index contributed by atoms with van der Waals surface area (Å²) in [6, 6.07) is 1.67. The van der Waals surface area contributed by atoms with Crippen LogP contribution in [0.3, 0.4) is 0 Å². The largest absolute Gasteiger partial charge is 0.471 e. The van der Waals surface area contributed by atoms with E-state index in [0.717, 1.165) is 62.8 Å². The molecule has 0 atom stereocenters. The number of carbonyl (C=O) groups is 2. The molecule has 0 radical (unpaired) electrons. The fourth-order valence-corrected chi connectivity index (χ4v) is 4.39. The highest BCUT2D eigenvalue weighted by atomic mass is 79.9. The fourth-order valence-electron chi connectivity index (χ4n) is 3.25. The Labute approximate surface area is 202 Å². The van der Waals surface area contributed by atoms with E-state index < -0.39 is 30.2 Å². The fraction of sp³-hybridized carbons (Fsp3) is 0.450. The predicted octanol–water partition coefficient (Wildman–Crippen LogP) is 2.62. The van der Waals surface area contributed by atoms with Crippen molar-refractivity contribution >= 4 is 44.4 Å². The van der Waals surface area contributed by atoms with E-state index in [0.29, 0.717) is 6.54 Å². The predicted molar refractivity (Wildman–Crippen MR) is 125 cm³/mol. The monoisotopic (exact) mass is 546 g/mol. The van der Waals surface area contributed by atoms with E-state index in [4.69, 9.17) is 10.5 Å². The number of nitrogens with zero attached hydrogens (tertiary/aromatic N) is 3. The smallest absolute Gasteiger partial charge is 0.319 e. The van der Waals surface area contributed by atoms with Gasteiger partial charge in [0.05, 0.1) is 5.56 Å². The maximum Gasteiger partial charge on any atom is 0.319 e. The van der Waals surface area contributed by atoms with Gasteiger partial charge in [0.15, 0.2) is 0 Å². The average Bonchev–Trinajstić information content (AvgIpc) is 3.14. The molecular weight excluding hydrogens is 522 g/mol. The number of nitrogens with one attached hydrogen (secondary N) is 2. The van der Waals surface area contributed by atoms with Gasteiger partial charge in [-0.1, -0.05) is 15.9 Å². The third-order valence-corrected chi connectivity index (χ3v) is 6.33. The van der Waals surface area contributed by atoms with Crippen LogP contribution < -0.4 is 21.1 Å². The number of ether oxygens (including phenoxy) is 1. The Morgan fingerprint density at radius 1 is 1.24 bits per heavy atom. The van der Waals surface area contributed by atoms with E-state index in [2.05, 4.69) is 47.8 Å². The Hall–Kier alpha value is -2.35. The zero-order valence-corrected chi connectivity index (χ0v) is 20.4. The van der Waals surface area contributed by atoms with Crippen molar-refractivity contribution < 1.29 is 23.1 Å². The van der Waals surface area contributed by atoms with Crippen LogP contribution in [-0.4, -0.2) is 72.4 Å². The van der Waals surface area contributed by atoms with Gasteiger partial charge in [0.1, 0.15) is 28.8 Å². The summed E-state index contributed by atoms with van der Waals surface area (Å²) in [5, 5.41) is 5.35. The summed E-state index contributed by atoms with van der Waals surface area (Å²) in [4.78, 5) is 28.8. The zero-order valence-electron chi connectivity index (χ0n) is 18.0. The second-order valence-corrected chi connectivity index (χ2v) is 9.26. The molecule has 0 aliphatic carbocycles. The van der Waals surface area contributed by atoms with E-state index in [1.165, 1.54) is 0 Å². The van der Waals surface area contributed by atoms with Gasteiger partial charge in [0.2, 0.25) is 5.88 Å². The minimum Gasteiger partial charge on any atom is -0.471 e. The molecule has 0 unspecified atom stereocenters. The first-order valence-corrected chi connectivity index (χ1v) is 11.8. The Kier molecular flexibility index (Phi) is 8.95. The molecule has 180 valence electrons. The van der Waals surface area contributed by atoms with Crippen LogP contribution in [-0.2, 0) is 6.61 Å². The SMILES string of the molecule is CN1CCN(CCCNC(=O)Nc2snc(OCc3c(F)cc(Br)cc3F)c2C(N)=O)CC1. The third-order valence-electron chi connectivity index (χ3n) is 5.13. The molecule has 1 aromatic heterocycles. The summed E-state index contributed by atoms with van der Waals surface area (Å²) in [5.74, 6) is -2.72. The van der Waals surface area contributed by atoms with Gasteiger partial charge in [-0.3, -0.25) is 10.1 Å². The molecule has 2 heterocycles. The highest BCUT2D eigenvalue weighted by Crippen LogP contribution is 2.31. The number of likely N-dealkylation sites (N-methyl/N-ethyl adjacent to an activating group) is 1. The quantitative estimate of drug-likeness (QED) is 0.417. The number of carbonyl (C=O) groups excluding carboxylic acids is 2. The molecular formula is C20H25BrF2N6O3S. The maximum absolute atomic E-state index is 14.0. The number of nitrogens with two attached hydrogens (primary N) is 1. The van der Waals surface area contributed by atoms with Crippen LogP contribution in [0.25, 0.3) is 0 Å². The summed E-state index contributed by atoms with van der Waals surface area (Å²) >= 11 is 3.79. The summed E-state index contributed by atoms with van der Waals surface area (Å²) in [6.07, 6.45) is 0.779. The normalized spacial score (nSPS) is 14.8. The average molecular weight is 547 g/mol. The summed E-state index contributed by atoms with van der Waals surface area (Å²) in [7, 11) is 2.09. The van der Waals surface area contributed by atoms with Crippen molar-refractivity contribution in [2.45, 2.75) is 13.0 Å². The van der Waals surface area contributed by atoms with Gasteiger partial charge in [-0.05, 0) is 43.7 Å². The second-order valence-electron chi connectivity index (χ2n) is 7.57. The van der Waals surface area contributed by atoms with Crippen molar-refractivity contribution in [3.63, 3.8) is 0 Å². The molecule has 13 heteroatoms. The summed E-state index contributed by atoms with van der Waals surface area (Å²) in [5.41, 5.74) is 4.92. The number of aromatic nitrogens is 1. The molecule has 0 saturated carbocycles. The number of piperazine rings is 1. The molecule has 0 bridgehead atoms. The van der Waals surface area contributed by atoms with Crippen LogP contribution in [0.15, 0.2) is 16.6 Å². The lowest BCUT2D eigenvalue weighted by Gasteiger charge is -2.32. The van der Waals surface area contributed by atoms with Gasteiger partial charge in [-0.25, -0.2) is 13.6 Å². The van der Waals surface area contributed by atoms with E-state index >= 15 is 0 Å². The minimum atomic E-state index is -0.888. The van der Waals surface area contributed by atoms with Gasteiger partial charge in [0.25, 0.3) is 5.91 Å². The molecule has 1 saturated heterocycles. The van der Waals surface area contributed by atoms with Crippen LogP contribution in [0.5, 0.6) is 5.88 Å². The van der Waals surface area contributed by atoms with Crippen LogP contribution in [0.1, 0.15) is 22.3 Å². The van der Waals surface area contributed by atoms with Crippen molar-refractivity contribution in [3.05, 3.63) is 39.4 Å². The standard InChI is InChI=1S/C20H25BrF2N6O3S/c1-28-5-7-29(8-6-28)4-2-3-25-20(31)26-19-16(17(24)30)18(27-33-19)32-11-13-14(22)9-12(21)10-15(13)23/h9-10H,2-8,11H2,1H3,(H2,24,30)(H2,25,26,31). The summed E-state index contributed by atoms with van der Waals surface area (Å²) < 4.78 is 37.6. The maximum atomic E-state index is 14.0. The molecule has 1 fully saturated rings. The number of anilines is 1. The Morgan fingerprint density at radius 2 is 1.91 bits per heavy atom. The molecule has 3 amide bonds. The van der Waals surface area contributed by atoms with Crippen LogP contribution >= 0.6 is 27.5 Å². The molecule has 0 spiro atoms. The number of benzene rings is 1. The molecule has 33 heavy (non-hydrogen) atoms. The van der Waals surface area contributed by atoms with Crippen LogP contribution in [0.2, 0.25) is 0 Å². The van der Waals surface area contributed by atoms with Gasteiger partial charge < -0.3 is 25.6 Å². The zero-order chi connectivity index (χ0) is 24.0. The molecule has 2 aromatic rings. The lowest BCUT2D eigenvalue weighted by Crippen LogP contribution is -2.45. The second kappa shape index (κ2) is 11.7. The number of hydrogen-bond acceptors (Lipinski definition) is 7. The Balaban J connectivity index is 1.52. The van der Waals surface area contributed by atoms with Crippen LogP contribution in [0, 0.1) is 11.6 Å². The van der Waals surface area contributed by atoms with Gasteiger partial charge >= 0.3 is 6.03 Å². The van der Waals surface area contributed by atoms with E-state index in [1.54, 1.807) is 0 Å².